The smallest absolute Gasteiger partial charge is 0.107 e. The monoisotopic (exact) mass is 171 g/mol. The Morgan fingerprint density at radius 1 is 1.25 bits per heavy atom. The topological polar surface area (TPSA) is 21.3 Å². The van der Waals surface area contributed by atoms with Crippen molar-refractivity contribution in [2.24, 2.45) is 11.3 Å². The van der Waals surface area contributed by atoms with Gasteiger partial charge >= 0.3 is 0 Å². The third kappa shape index (κ3) is 2.46. The van der Waals surface area contributed by atoms with Crippen LogP contribution in [0.25, 0.3) is 0 Å². The summed E-state index contributed by atoms with van der Waals surface area (Å²) in [5.41, 5.74) is 0.436. The molecule has 0 bridgehead atoms. The van der Waals surface area contributed by atoms with E-state index in [4.69, 9.17) is 4.74 Å². The van der Waals surface area contributed by atoms with Gasteiger partial charge in [0.1, 0.15) is 6.23 Å². The molecule has 1 N–H and O–H groups in total. The molecule has 72 valence electrons. The van der Waals surface area contributed by atoms with Gasteiger partial charge in [-0.3, -0.25) is 5.32 Å². The second kappa shape index (κ2) is 3.75. The fraction of sp³-hybridized carbons (Fsp3) is 1.00. The van der Waals surface area contributed by atoms with E-state index in [2.05, 4.69) is 26.1 Å². The maximum Gasteiger partial charge on any atom is 0.107 e. The van der Waals surface area contributed by atoms with Gasteiger partial charge in [0, 0.05) is 13.7 Å². The number of hydrogen-bond acceptors (Lipinski definition) is 2. The zero-order chi connectivity index (χ0) is 9.19. The Balaban J connectivity index is 2.36. The molecule has 1 saturated heterocycles. The van der Waals surface area contributed by atoms with Crippen LogP contribution in [0.5, 0.6) is 0 Å². The largest absolute Gasteiger partial charge is 0.367 e. The molecule has 2 atom stereocenters. The molecule has 0 saturated carbocycles. The Morgan fingerprint density at radius 2 is 1.92 bits per heavy atom. The second-order valence-corrected chi connectivity index (χ2v) is 4.77. The highest BCUT2D eigenvalue weighted by atomic mass is 16.5. The van der Waals surface area contributed by atoms with Crippen LogP contribution in [0, 0.1) is 11.3 Å². The van der Waals surface area contributed by atoms with Crippen molar-refractivity contribution in [2.45, 2.75) is 39.8 Å². The van der Waals surface area contributed by atoms with E-state index in [0.717, 1.165) is 18.9 Å². The number of piperidine rings is 1. The van der Waals surface area contributed by atoms with Crippen LogP contribution in [0.2, 0.25) is 0 Å². The molecule has 0 amide bonds. The zero-order valence-corrected chi connectivity index (χ0v) is 8.68. The zero-order valence-electron chi connectivity index (χ0n) is 8.68. The van der Waals surface area contributed by atoms with Gasteiger partial charge in [-0.25, -0.2) is 0 Å². The molecular weight excluding hydrogens is 150 g/mol. The summed E-state index contributed by atoms with van der Waals surface area (Å²) in [6, 6.07) is 0. The maximum atomic E-state index is 5.24. The van der Waals surface area contributed by atoms with Gasteiger partial charge in [-0.2, -0.15) is 0 Å². The molecular formula is C10H21NO. The summed E-state index contributed by atoms with van der Waals surface area (Å²) >= 11 is 0. The Kier molecular flexibility index (Phi) is 3.13. The van der Waals surface area contributed by atoms with Crippen LogP contribution in [0.15, 0.2) is 0 Å². The predicted octanol–water partition coefficient (Wildman–Crippen LogP) is 2.00. The Morgan fingerprint density at radius 3 is 2.25 bits per heavy atom. The summed E-state index contributed by atoms with van der Waals surface area (Å²) in [7, 11) is 1.77. The molecule has 2 nitrogen and oxygen atoms in total. The van der Waals surface area contributed by atoms with E-state index in [-0.39, 0.29) is 0 Å². The van der Waals surface area contributed by atoms with Crippen LogP contribution >= 0.6 is 0 Å². The van der Waals surface area contributed by atoms with Crippen molar-refractivity contribution in [2.75, 3.05) is 13.7 Å². The minimum atomic E-state index is 0.295. The number of nitrogens with one attached hydrogen (secondary N) is 1. The van der Waals surface area contributed by atoms with Gasteiger partial charge in [-0.1, -0.05) is 20.8 Å². The van der Waals surface area contributed by atoms with E-state index in [0.29, 0.717) is 11.6 Å². The summed E-state index contributed by atoms with van der Waals surface area (Å²) in [5, 5.41) is 3.40. The average molecular weight is 171 g/mol. The molecule has 0 aromatic rings. The SMILES string of the molecule is COC1CCC(C(C)(C)C)CN1. The number of ether oxygens (including phenoxy) is 1. The van der Waals surface area contributed by atoms with E-state index in [1.807, 2.05) is 0 Å². The Bertz CT molecular complexity index is 131. The van der Waals surface area contributed by atoms with E-state index >= 15 is 0 Å². The van der Waals surface area contributed by atoms with Gasteiger partial charge in [0.15, 0.2) is 0 Å². The first-order valence-corrected chi connectivity index (χ1v) is 4.80. The van der Waals surface area contributed by atoms with Gasteiger partial charge in [-0.05, 0) is 24.2 Å². The third-order valence-electron chi connectivity index (χ3n) is 2.88. The maximum absolute atomic E-state index is 5.24. The average Bonchev–Trinajstić information content (AvgIpc) is 2.03. The highest BCUT2D eigenvalue weighted by molar-refractivity contribution is 4.81. The first kappa shape index (κ1) is 10.0. The molecule has 1 heterocycles. The Hall–Kier alpha value is -0.0800. The number of hydrogen-bond donors (Lipinski definition) is 1. The fourth-order valence-corrected chi connectivity index (χ4v) is 1.77. The molecule has 0 aliphatic carbocycles. The normalized spacial score (nSPS) is 32.0. The van der Waals surface area contributed by atoms with Gasteiger partial charge in [0.2, 0.25) is 0 Å². The van der Waals surface area contributed by atoms with Gasteiger partial charge < -0.3 is 4.74 Å². The lowest BCUT2D eigenvalue weighted by Crippen LogP contribution is -2.43. The molecule has 1 rings (SSSR count). The fourth-order valence-electron chi connectivity index (χ4n) is 1.77. The van der Waals surface area contributed by atoms with Crippen LogP contribution in [0.1, 0.15) is 33.6 Å². The summed E-state index contributed by atoms with van der Waals surface area (Å²) in [6.07, 6.45) is 2.73. The van der Waals surface area contributed by atoms with E-state index in [1.54, 1.807) is 7.11 Å². The van der Waals surface area contributed by atoms with E-state index in [9.17, 15) is 0 Å². The van der Waals surface area contributed by atoms with E-state index < -0.39 is 0 Å². The highest BCUT2D eigenvalue weighted by Gasteiger charge is 2.28. The van der Waals surface area contributed by atoms with Gasteiger partial charge in [0.05, 0.1) is 0 Å². The van der Waals surface area contributed by atoms with Crippen molar-refractivity contribution in [3.63, 3.8) is 0 Å². The first-order valence-electron chi connectivity index (χ1n) is 4.80. The number of rotatable bonds is 1. The molecule has 1 fully saturated rings. The molecule has 1 aliphatic rings. The van der Waals surface area contributed by atoms with Crippen LogP contribution in [0.4, 0.5) is 0 Å². The van der Waals surface area contributed by atoms with Crippen LogP contribution in [-0.2, 0) is 4.74 Å². The second-order valence-electron chi connectivity index (χ2n) is 4.77. The summed E-state index contributed by atoms with van der Waals surface area (Å²) in [4.78, 5) is 0. The van der Waals surface area contributed by atoms with Crippen molar-refractivity contribution in [3.05, 3.63) is 0 Å². The van der Waals surface area contributed by atoms with E-state index in [1.165, 1.54) is 6.42 Å². The third-order valence-corrected chi connectivity index (χ3v) is 2.88. The summed E-state index contributed by atoms with van der Waals surface area (Å²) in [5.74, 6) is 0.795. The lowest BCUT2D eigenvalue weighted by molar-refractivity contribution is 0.0212. The predicted molar refractivity (Wildman–Crippen MR) is 51.0 cm³/mol. The molecule has 0 aromatic heterocycles. The first-order chi connectivity index (χ1) is 5.54. The minimum absolute atomic E-state index is 0.295. The molecule has 2 unspecified atom stereocenters. The van der Waals surface area contributed by atoms with Crippen molar-refractivity contribution in [1.29, 1.82) is 0 Å². The Labute approximate surface area is 75.7 Å². The van der Waals surface area contributed by atoms with Gasteiger partial charge in [-0.15, -0.1) is 0 Å². The van der Waals surface area contributed by atoms with Crippen LogP contribution in [0.3, 0.4) is 0 Å². The molecule has 12 heavy (non-hydrogen) atoms. The van der Waals surface area contributed by atoms with Crippen molar-refractivity contribution in [3.8, 4) is 0 Å². The van der Waals surface area contributed by atoms with Crippen molar-refractivity contribution in [1.82, 2.24) is 5.32 Å². The number of methoxy groups -OCH3 is 1. The molecule has 0 aromatic carbocycles. The lowest BCUT2D eigenvalue weighted by Gasteiger charge is -2.37. The highest BCUT2D eigenvalue weighted by Crippen LogP contribution is 2.31. The van der Waals surface area contributed by atoms with Crippen LogP contribution in [-0.4, -0.2) is 19.9 Å². The van der Waals surface area contributed by atoms with Crippen molar-refractivity contribution < 1.29 is 4.74 Å². The molecule has 1 aliphatic heterocycles. The van der Waals surface area contributed by atoms with Crippen molar-refractivity contribution >= 4 is 0 Å². The molecule has 0 spiro atoms. The quantitative estimate of drug-likeness (QED) is 0.651. The van der Waals surface area contributed by atoms with Crippen LogP contribution < -0.4 is 5.32 Å². The van der Waals surface area contributed by atoms with Gasteiger partial charge in [0.25, 0.3) is 0 Å². The molecule has 0 radical (unpaired) electrons. The standard InChI is InChI=1S/C10H21NO/c1-10(2,3)8-5-6-9(12-4)11-7-8/h8-9,11H,5-7H2,1-4H3. The lowest BCUT2D eigenvalue weighted by atomic mass is 9.76. The minimum Gasteiger partial charge on any atom is -0.367 e. The molecule has 2 heteroatoms. The summed E-state index contributed by atoms with van der Waals surface area (Å²) in [6.45, 7) is 8.04. The summed E-state index contributed by atoms with van der Waals surface area (Å²) < 4.78 is 5.24.